The summed E-state index contributed by atoms with van der Waals surface area (Å²) < 4.78 is 24.7. The highest BCUT2D eigenvalue weighted by Gasteiger charge is 2.32. The first-order chi connectivity index (χ1) is 50.6. The van der Waals surface area contributed by atoms with Gasteiger partial charge in [0.2, 0.25) is 0 Å². The van der Waals surface area contributed by atoms with Crippen molar-refractivity contribution in [3.8, 4) is 0 Å². The van der Waals surface area contributed by atoms with Crippen molar-refractivity contribution in [3.63, 3.8) is 0 Å². The topological polar surface area (TPSA) is 112 Å². The van der Waals surface area contributed by atoms with Crippen LogP contribution in [-0.2, 0) is 38.1 Å². The second-order valence-corrected chi connectivity index (χ2v) is 31.4. The van der Waals surface area contributed by atoms with Gasteiger partial charge in [-0.15, -0.1) is 0 Å². The number of esters is 4. The van der Waals surface area contributed by atoms with Crippen molar-refractivity contribution in [2.24, 2.45) is 11.8 Å². The lowest BCUT2D eigenvalue weighted by atomic mass is 9.94. The molecule has 0 rings (SSSR count). The zero-order valence-corrected chi connectivity index (χ0v) is 69.9. The maximum absolute atomic E-state index is 14.6. The lowest BCUT2D eigenvalue weighted by Gasteiger charge is -2.30. The van der Waals surface area contributed by atoms with Crippen LogP contribution in [-0.4, -0.2) is 99.4 Å². The van der Waals surface area contributed by atoms with Gasteiger partial charge in [0, 0.05) is 6.54 Å². The summed E-state index contributed by atoms with van der Waals surface area (Å²) >= 11 is 0. The molecule has 1 unspecified atom stereocenters. The van der Waals surface area contributed by atoms with E-state index in [9.17, 15) is 19.2 Å². The quantitative estimate of drug-likeness (QED) is 0.0253. The van der Waals surface area contributed by atoms with Crippen molar-refractivity contribution in [1.29, 1.82) is 0 Å². The highest BCUT2D eigenvalue weighted by molar-refractivity contribution is 5.83. The van der Waals surface area contributed by atoms with Gasteiger partial charge in [0.15, 0.2) is 0 Å². The standard InChI is InChI=1S/C93H174N2O8/c1-9-15-21-27-33-35-37-39-41-43-45-47-49-51-57-67-77-88(78-68-58-52-50-48-46-44-42-40-38-36-34-28-22-16-10-2)103-90(96)85-89(93(99)102-84-81-94(7)8)95(79-69-59-61-71-82-100-91(97)86(73-63-53-29-23-17-11-3)74-64-54-30-24-18-12-4)80-70-60-62-72-83-101-92(98)87(75-65-55-31-25-19-13-5)76-66-56-32-26-20-14-6/h33-36,39-42,86-89H,9-32,37-38,43-85H2,1-8H3/b35-33+,36-34+,41-39+,42-40+. The Balaban J connectivity index is 6.34. The van der Waals surface area contributed by atoms with Gasteiger partial charge in [0.05, 0.1) is 31.5 Å². The number of nitrogens with zero attached hydrogens (tertiary/aromatic N) is 2. The number of hydrogen-bond acceptors (Lipinski definition) is 10. The SMILES string of the molecule is CCCCC/C=C/C/C=C/CCCCCCCCC(CCCCCCCC/C=C/C/C=C/CCCCC)OC(=O)CC(C(=O)OCCN(C)C)N(CCCCCCOC(=O)C(CCCCCCCC)CCCCCCCC)CCCCCCOC(=O)C(CCCCCCCC)CCCCCCCC. The van der Waals surface area contributed by atoms with E-state index in [0.29, 0.717) is 32.8 Å². The van der Waals surface area contributed by atoms with E-state index in [0.717, 1.165) is 167 Å². The molecule has 1 atom stereocenters. The molecule has 0 aliphatic carbocycles. The van der Waals surface area contributed by atoms with Crippen molar-refractivity contribution in [3.05, 3.63) is 48.6 Å². The Morgan fingerprint density at radius 2 is 0.553 bits per heavy atom. The number of allylic oxidation sites excluding steroid dienone is 8. The Morgan fingerprint density at radius 1 is 0.282 bits per heavy atom. The van der Waals surface area contributed by atoms with Crippen LogP contribution in [0.25, 0.3) is 0 Å². The van der Waals surface area contributed by atoms with Gasteiger partial charge in [0.25, 0.3) is 0 Å². The summed E-state index contributed by atoms with van der Waals surface area (Å²) in [6.07, 6.45) is 89.0. The van der Waals surface area contributed by atoms with Gasteiger partial charge in [-0.05, 0) is 168 Å². The third-order valence-corrected chi connectivity index (χ3v) is 21.1. The number of ether oxygens (including phenoxy) is 4. The van der Waals surface area contributed by atoms with E-state index in [1.165, 1.54) is 231 Å². The third-order valence-electron chi connectivity index (χ3n) is 21.1. The number of rotatable bonds is 82. The average molecular weight is 1450 g/mol. The summed E-state index contributed by atoms with van der Waals surface area (Å²) in [6, 6.07) is -0.758. The van der Waals surface area contributed by atoms with Crippen LogP contribution in [0.3, 0.4) is 0 Å². The monoisotopic (exact) mass is 1450 g/mol. The van der Waals surface area contributed by atoms with Crippen LogP contribution < -0.4 is 0 Å². The van der Waals surface area contributed by atoms with Crippen molar-refractivity contribution < 1.29 is 38.1 Å². The zero-order valence-electron chi connectivity index (χ0n) is 69.9. The van der Waals surface area contributed by atoms with Crippen molar-refractivity contribution in [2.45, 2.75) is 458 Å². The minimum absolute atomic E-state index is 0.00422. The Morgan fingerprint density at radius 3 is 0.893 bits per heavy atom. The van der Waals surface area contributed by atoms with Gasteiger partial charge in [-0.25, -0.2) is 0 Å². The molecule has 10 heteroatoms. The van der Waals surface area contributed by atoms with E-state index >= 15 is 0 Å². The second kappa shape index (κ2) is 81.3. The highest BCUT2D eigenvalue weighted by atomic mass is 16.6. The van der Waals surface area contributed by atoms with E-state index in [4.69, 9.17) is 18.9 Å². The summed E-state index contributed by atoms with van der Waals surface area (Å²) in [4.78, 5) is 60.6. The summed E-state index contributed by atoms with van der Waals surface area (Å²) in [6.45, 7) is 16.6. The van der Waals surface area contributed by atoms with Crippen LogP contribution in [0, 0.1) is 11.8 Å². The molecule has 0 aliphatic heterocycles. The Labute approximate surface area is 640 Å². The fraction of sp³-hybridized carbons (Fsp3) is 0.871. The smallest absolute Gasteiger partial charge is 0.324 e. The molecule has 0 fully saturated rings. The molecule has 0 aromatic rings. The van der Waals surface area contributed by atoms with E-state index in [-0.39, 0.29) is 54.8 Å². The largest absolute Gasteiger partial charge is 0.465 e. The summed E-state index contributed by atoms with van der Waals surface area (Å²) in [7, 11) is 3.97. The first-order valence-electron chi connectivity index (χ1n) is 45.3. The van der Waals surface area contributed by atoms with Gasteiger partial charge in [0.1, 0.15) is 18.8 Å². The lowest BCUT2D eigenvalue weighted by molar-refractivity contribution is -0.160. The molecule has 0 aliphatic rings. The number of carbonyl (C=O) groups excluding carboxylic acids is 4. The summed E-state index contributed by atoms with van der Waals surface area (Å²) in [5.41, 5.74) is 0. The molecule has 0 saturated carbocycles. The molecule has 0 amide bonds. The minimum Gasteiger partial charge on any atom is -0.465 e. The summed E-state index contributed by atoms with van der Waals surface area (Å²) in [5.74, 6) is -0.667. The molecule has 0 radical (unpaired) electrons. The molecule has 604 valence electrons. The fourth-order valence-corrected chi connectivity index (χ4v) is 14.2. The highest BCUT2D eigenvalue weighted by Crippen LogP contribution is 2.25. The van der Waals surface area contributed by atoms with E-state index < -0.39 is 6.04 Å². The predicted molar refractivity (Wildman–Crippen MR) is 445 cm³/mol. The maximum Gasteiger partial charge on any atom is 0.324 e. The zero-order chi connectivity index (χ0) is 75.0. The molecule has 0 N–H and O–H groups in total. The van der Waals surface area contributed by atoms with E-state index in [1.54, 1.807) is 0 Å². The first-order valence-corrected chi connectivity index (χ1v) is 45.3. The van der Waals surface area contributed by atoms with Crippen LogP contribution in [0.5, 0.6) is 0 Å². The molecular formula is C93H174N2O8. The molecule has 0 heterocycles. The van der Waals surface area contributed by atoms with Crippen LogP contribution in [0.1, 0.15) is 446 Å². The first kappa shape index (κ1) is 99.8. The van der Waals surface area contributed by atoms with Gasteiger partial charge >= 0.3 is 23.9 Å². The Hall–Kier alpha value is -3.24. The van der Waals surface area contributed by atoms with Crippen molar-refractivity contribution in [1.82, 2.24) is 9.80 Å². The Bertz CT molecular complexity index is 1790. The van der Waals surface area contributed by atoms with Gasteiger partial charge in [-0.3, -0.25) is 24.1 Å². The summed E-state index contributed by atoms with van der Waals surface area (Å²) in [5, 5.41) is 0. The molecular weight excluding hydrogens is 1270 g/mol. The van der Waals surface area contributed by atoms with Crippen LogP contribution in [0.2, 0.25) is 0 Å². The molecule has 103 heavy (non-hydrogen) atoms. The maximum atomic E-state index is 14.6. The normalized spacial score (nSPS) is 12.4. The minimum atomic E-state index is -0.758. The van der Waals surface area contributed by atoms with Gasteiger partial charge in [-0.2, -0.15) is 0 Å². The molecule has 0 bridgehead atoms. The second-order valence-electron chi connectivity index (χ2n) is 31.4. The van der Waals surface area contributed by atoms with Gasteiger partial charge < -0.3 is 23.8 Å². The lowest BCUT2D eigenvalue weighted by Crippen LogP contribution is -2.45. The number of carbonyl (C=O) groups is 4. The third kappa shape index (κ3) is 70.2. The van der Waals surface area contributed by atoms with Crippen LogP contribution in [0.15, 0.2) is 48.6 Å². The number of likely N-dealkylation sites (N-methyl/N-ethyl adjacent to an activating group) is 1. The number of unbranched alkanes of at least 4 members (excludes halogenated alkanes) is 44. The van der Waals surface area contributed by atoms with Crippen molar-refractivity contribution in [2.75, 3.05) is 53.6 Å². The molecule has 0 aromatic heterocycles. The van der Waals surface area contributed by atoms with Crippen LogP contribution in [0.4, 0.5) is 0 Å². The van der Waals surface area contributed by atoms with E-state index in [2.05, 4.69) is 95.1 Å². The fourth-order valence-electron chi connectivity index (χ4n) is 14.2. The number of hydrogen-bond donors (Lipinski definition) is 0. The average Bonchev–Trinajstić information content (AvgIpc) is 0.890. The van der Waals surface area contributed by atoms with Crippen molar-refractivity contribution >= 4 is 23.9 Å². The molecule has 0 saturated heterocycles. The molecule has 0 spiro atoms. The van der Waals surface area contributed by atoms with Crippen LogP contribution >= 0.6 is 0 Å². The Kier molecular flexibility index (Phi) is 78.7. The predicted octanol–water partition coefficient (Wildman–Crippen LogP) is 27.9. The molecule has 0 aromatic carbocycles. The van der Waals surface area contributed by atoms with Gasteiger partial charge in [-0.1, -0.05) is 347 Å². The van der Waals surface area contributed by atoms with E-state index in [1.807, 2.05) is 19.0 Å². The molecule has 10 nitrogen and oxygen atoms in total.